The van der Waals surface area contributed by atoms with Crippen LogP contribution in [-0.4, -0.2) is 63.8 Å². The lowest BCUT2D eigenvalue weighted by Crippen LogP contribution is -2.47. The van der Waals surface area contributed by atoms with E-state index in [2.05, 4.69) is 27.2 Å². The number of methoxy groups -OCH3 is 1. The molecule has 2 aromatic rings. The molecule has 0 saturated carbocycles. The highest BCUT2D eigenvalue weighted by atomic mass is 35.5. The van der Waals surface area contributed by atoms with Crippen LogP contribution >= 0.6 is 11.6 Å². The summed E-state index contributed by atoms with van der Waals surface area (Å²) in [6.45, 7) is 5.72. The summed E-state index contributed by atoms with van der Waals surface area (Å²) >= 11 is 5.83. The number of rotatable bonds is 9. The molecule has 2 aromatic carbocycles. The highest BCUT2D eigenvalue weighted by Crippen LogP contribution is 2.20. The van der Waals surface area contributed by atoms with Gasteiger partial charge < -0.3 is 19.7 Å². The summed E-state index contributed by atoms with van der Waals surface area (Å²) in [4.78, 5) is 16.7. The number of benzene rings is 2. The molecule has 0 radical (unpaired) electrons. The van der Waals surface area contributed by atoms with Crippen molar-refractivity contribution < 1.29 is 14.3 Å². The second-order valence-electron chi connectivity index (χ2n) is 6.97. The van der Waals surface area contributed by atoms with E-state index in [1.165, 1.54) is 5.69 Å². The first-order valence-electron chi connectivity index (χ1n) is 9.90. The molecule has 0 bridgehead atoms. The van der Waals surface area contributed by atoms with Crippen molar-refractivity contribution in [3.63, 3.8) is 0 Å². The van der Waals surface area contributed by atoms with E-state index in [1.54, 1.807) is 31.4 Å². The van der Waals surface area contributed by atoms with Crippen molar-refractivity contribution in [3.8, 4) is 11.5 Å². The second-order valence-corrected chi connectivity index (χ2v) is 7.41. The third-order valence-corrected chi connectivity index (χ3v) is 5.22. The predicted molar refractivity (Wildman–Crippen MR) is 116 cm³/mol. The van der Waals surface area contributed by atoms with Crippen LogP contribution in [0, 0.1) is 0 Å². The molecule has 0 aliphatic carbocycles. The van der Waals surface area contributed by atoms with Gasteiger partial charge in [-0.15, -0.1) is 0 Å². The molecular formula is C22H28ClN3O3. The Labute approximate surface area is 177 Å². The second kappa shape index (κ2) is 10.9. The van der Waals surface area contributed by atoms with Gasteiger partial charge in [-0.1, -0.05) is 11.6 Å². The highest BCUT2D eigenvalue weighted by molar-refractivity contribution is 6.30. The quantitative estimate of drug-likeness (QED) is 0.635. The molecule has 1 heterocycles. The van der Waals surface area contributed by atoms with Gasteiger partial charge in [-0.3, -0.25) is 9.69 Å². The Hall–Kier alpha value is -2.44. The van der Waals surface area contributed by atoms with Crippen LogP contribution in [0.2, 0.25) is 5.02 Å². The molecule has 29 heavy (non-hydrogen) atoms. The summed E-state index contributed by atoms with van der Waals surface area (Å²) in [6, 6.07) is 15.2. The smallest absolute Gasteiger partial charge is 0.257 e. The third-order valence-electron chi connectivity index (χ3n) is 4.97. The van der Waals surface area contributed by atoms with E-state index in [1.807, 2.05) is 12.1 Å². The summed E-state index contributed by atoms with van der Waals surface area (Å²) < 4.78 is 10.7. The van der Waals surface area contributed by atoms with E-state index in [-0.39, 0.29) is 12.5 Å². The summed E-state index contributed by atoms with van der Waals surface area (Å²) in [6.07, 6.45) is 0.926. The number of amides is 1. The van der Waals surface area contributed by atoms with Crippen LogP contribution in [0.4, 0.5) is 5.69 Å². The van der Waals surface area contributed by atoms with E-state index in [0.29, 0.717) is 17.3 Å². The Balaban J connectivity index is 1.27. The van der Waals surface area contributed by atoms with Crippen LogP contribution in [0.5, 0.6) is 11.5 Å². The van der Waals surface area contributed by atoms with E-state index in [4.69, 9.17) is 21.1 Å². The van der Waals surface area contributed by atoms with E-state index in [0.717, 1.165) is 44.9 Å². The fourth-order valence-electron chi connectivity index (χ4n) is 3.28. The van der Waals surface area contributed by atoms with Crippen molar-refractivity contribution >= 4 is 23.2 Å². The lowest BCUT2D eigenvalue weighted by Gasteiger charge is -2.36. The molecular weight excluding hydrogens is 390 g/mol. The fourth-order valence-corrected chi connectivity index (χ4v) is 3.41. The number of anilines is 1. The summed E-state index contributed by atoms with van der Waals surface area (Å²) in [7, 11) is 1.68. The molecule has 1 aliphatic heterocycles. The van der Waals surface area contributed by atoms with Gasteiger partial charge in [-0.2, -0.15) is 0 Å². The van der Waals surface area contributed by atoms with Gasteiger partial charge >= 0.3 is 0 Å². The van der Waals surface area contributed by atoms with Crippen LogP contribution < -0.4 is 19.7 Å². The van der Waals surface area contributed by atoms with Crippen molar-refractivity contribution in [1.82, 2.24) is 10.2 Å². The number of carbonyl (C=O) groups is 1. The molecule has 0 atom stereocenters. The standard InChI is InChI=1S/C22H28ClN3O3/c1-28-20-9-5-19(6-10-20)26-15-13-25(14-16-26)12-2-11-24-22(27)17-29-21-7-3-18(23)4-8-21/h3-10H,2,11-17H2,1H3,(H,24,27). The number of nitrogens with zero attached hydrogens (tertiary/aromatic N) is 2. The predicted octanol–water partition coefficient (Wildman–Crippen LogP) is 3.06. The number of nitrogens with one attached hydrogen (secondary N) is 1. The van der Waals surface area contributed by atoms with Crippen LogP contribution in [0.3, 0.4) is 0 Å². The highest BCUT2D eigenvalue weighted by Gasteiger charge is 2.16. The lowest BCUT2D eigenvalue weighted by molar-refractivity contribution is -0.123. The Morgan fingerprint density at radius 2 is 1.66 bits per heavy atom. The van der Waals surface area contributed by atoms with Crippen LogP contribution in [-0.2, 0) is 4.79 Å². The van der Waals surface area contributed by atoms with E-state index >= 15 is 0 Å². The molecule has 0 aromatic heterocycles. The van der Waals surface area contributed by atoms with Crippen LogP contribution in [0.15, 0.2) is 48.5 Å². The maximum atomic E-state index is 11.9. The van der Waals surface area contributed by atoms with Gasteiger partial charge in [-0.05, 0) is 61.5 Å². The average Bonchev–Trinajstić information content (AvgIpc) is 2.77. The monoisotopic (exact) mass is 417 g/mol. The van der Waals surface area contributed by atoms with Crippen molar-refractivity contribution in [1.29, 1.82) is 0 Å². The molecule has 1 saturated heterocycles. The van der Waals surface area contributed by atoms with Crippen LogP contribution in [0.25, 0.3) is 0 Å². The van der Waals surface area contributed by atoms with Crippen molar-refractivity contribution in [2.24, 2.45) is 0 Å². The number of halogens is 1. The zero-order valence-corrected chi connectivity index (χ0v) is 17.5. The van der Waals surface area contributed by atoms with Gasteiger partial charge in [0, 0.05) is 43.4 Å². The maximum Gasteiger partial charge on any atom is 0.257 e. The van der Waals surface area contributed by atoms with Gasteiger partial charge in [0.15, 0.2) is 6.61 Å². The first-order valence-corrected chi connectivity index (χ1v) is 10.3. The van der Waals surface area contributed by atoms with Crippen molar-refractivity contribution in [2.75, 3.05) is 57.9 Å². The first-order chi connectivity index (χ1) is 14.1. The Morgan fingerprint density at radius 3 is 2.31 bits per heavy atom. The lowest BCUT2D eigenvalue weighted by atomic mass is 10.2. The minimum atomic E-state index is -0.107. The molecule has 1 aliphatic rings. The van der Waals surface area contributed by atoms with E-state index < -0.39 is 0 Å². The molecule has 3 rings (SSSR count). The van der Waals surface area contributed by atoms with Gasteiger partial charge in [0.1, 0.15) is 11.5 Å². The normalized spacial score (nSPS) is 14.5. The largest absolute Gasteiger partial charge is 0.497 e. The maximum absolute atomic E-state index is 11.9. The van der Waals surface area contributed by atoms with E-state index in [9.17, 15) is 4.79 Å². The fraction of sp³-hybridized carbons (Fsp3) is 0.409. The molecule has 0 unspecified atom stereocenters. The van der Waals surface area contributed by atoms with Crippen molar-refractivity contribution in [2.45, 2.75) is 6.42 Å². The molecule has 1 amide bonds. The summed E-state index contributed by atoms with van der Waals surface area (Å²) in [5, 5.41) is 3.56. The van der Waals surface area contributed by atoms with Crippen LogP contribution in [0.1, 0.15) is 6.42 Å². The molecule has 0 spiro atoms. The molecule has 7 heteroatoms. The van der Waals surface area contributed by atoms with Crippen molar-refractivity contribution in [3.05, 3.63) is 53.6 Å². The number of ether oxygens (including phenoxy) is 2. The zero-order chi connectivity index (χ0) is 20.5. The average molecular weight is 418 g/mol. The minimum absolute atomic E-state index is 0.0160. The molecule has 6 nitrogen and oxygen atoms in total. The Kier molecular flexibility index (Phi) is 8.02. The summed E-state index contributed by atoms with van der Waals surface area (Å²) in [5.74, 6) is 1.41. The van der Waals surface area contributed by atoms with Gasteiger partial charge in [0.25, 0.3) is 5.91 Å². The molecule has 156 valence electrons. The topological polar surface area (TPSA) is 54.0 Å². The molecule has 1 N–H and O–H groups in total. The van der Waals surface area contributed by atoms with Gasteiger partial charge in [0.05, 0.1) is 7.11 Å². The zero-order valence-electron chi connectivity index (χ0n) is 16.8. The first kappa shape index (κ1) is 21.3. The SMILES string of the molecule is COc1ccc(N2CCN(CCCNC(=O)COc3ccc(Cl)cc3)CC2)cc1. The van der Waals surface area contributed by atoms with Gasteiger partial charge in [-0.25, -0.2) is 0 Å². The Bertz CT molecular complexity index is 760. The number of hydrogen-bond donors (Lipinski definition) is 1. The summed E-state index contributed by atoms with van der Waals surface area (Å²) in [5.41, 5.74) is 1.23. The number of piperazine rings is 1. The number of hydrogen-bond acceptors (Lipinski definition) is 5. The minimum Gasteiger partial charge on any atom is -0.497 e. The third kappa shape index (κ3) is 6.84. The number of carbonyl (C=O) groups excluding carboxylic acids is 1. The molecule has 1 fully saturated rings. The Morgan fingerprint density at radius 1 is 1.00 bits per heavy atom. The van der Waals surface area contributed by atoms with Gasteiger partial charge in [0.2, 0.25) is 0 Å².